The van der Waals surface area contributed by atoms with E-state index in [2.05, 4.69) is 53.5 Å². The van der Waals surface area contributed by atoms with Crippen molar-refractivity contribution in [1.29, 1.82) is 0 Å². The van der Waals surface area contributed by atoms with Crippen molar-refractivity contribution >= 4 is 39.6 Å². The van der Waals surface area contributed by atoms with Gasteiger partial charge in [-0.05, 0) is 59.4 Å². The van der Waals surface area contributed by atoms with E-state index in [0.29, 0.717) is 24.3 Å². The van der Waals surface area contributed by atoms with Crippen molar-refractivity contribution in [3.05, 3.63) is 29.8 Å². The molecule has 0 aliphatic heterocycles. The molecule has 2 aliphatic rings. The van der Waals surface area contributed by atoms with Crippen LogP contribution >= 0.6 is 0 Å². The van der Waals surface area contributed by atoms with E-state index in [1.54, 1.807) is 0 Å². The first-order chi connectivity index (χ1) is 16.9. The third-order valence-electron chi connectivity index (χ3n) is 7.26. The minimum Gasteiger partial charge on any atom is -0.336 e. The molecule has 0 aromatic carbocycles. The fourth-order valence-corrected chi connectivity index (χ4v) is 5.40. The number of hydrogen-bond donors (Lipinski definition) is 1. The molecule has 0 spiro atoms. The van der Waals surface area contributed by atoms with Gasteiger partial charge in [0.05, 0.1) is 18.3 Å². The Bertz CT molecular complexity index is 1420. The fourth-order valence-electron chi connectivity index (χ4n) is 5.40. The Labute approximate surface area is 205 Å². The number of hydrogen-bond acceptors (Lipinski definition) is 5. The SMILES string of the molecule is CCn1c(CC(=O)N(C2CC2)C2CC2)cc2c3c(ncn3C)c(Nc3cc(C)n(C(C)C)n3)nc21. The van der Waals surface area contributed by atoms with E-state index >= 15 is 0 Å². The van der Waals surface area contributed by atoms with Crippen molar-refractivity contribution in [2.45, 2.75) is 84.5 Å². The summed E-state index contributed by atoms with van der Waals surface area (Å²) in [6.45, 7) is 9.16. The summed E-state index contributed by atoms with van der Waals surface area (Å²) >= 11 is 0. The number of fused-ring (bicyclic) bond motifs is 3. The summed E-state index contributed by atoms with van der Waals surface area (Å²) in [6, 6.07) is 5.38. The topological polar surface area (TPSA) is 85.8 Å². The second kappa shape index (κ2) is 8.10. The lowest BCUT2D eigenvalue weighted by atomic mass is 10.2. The van der Waals surface area contributed by atoms with Gasteiger partial charge in [-0.25, -0.2) is 9.97 Å². The summed E-state index contributed by atoms with van der Waals surface area (Å²) in [6.07, 6.45) is 6.84. The van der Waals surface area contributed by atoms with Gasteiger partial charge in [-0.15, -0.1) is 0 Å². The Morgan fingerprint density at radius 3 is 2.51 bits per heavy atom. The van der Waals surface area contributed by atoms with Crippen LogP contribution < -0.4 is 5.32 Å². The lowest BCUT2D eigenvalue weighted by Gasteiger charge is -2.22. The largest absolute Gasteiger partial charge is 0.336 e. The minimum absolute atomic E-state index is 0.252. The summed E-state index contributed by atoms with van der Waals surface area (Å²) in [4.78, 5) is 25.2. The molecule has 0 saturated heterocycles. The number of nitrogens with one attached hydrogen (secondary N) is 1. The van der Waals surface area contributed by atoms with Crippen LogP contribution in [0.15, 0.2) is 18.5 Å². The highest BCUT2D eigenvalue weighted by Crippen LogP contribution is 2.38. The van der Waals surface area contributed by atoms with Crippen LogP contribution in [0.5, 0.6) is 0 Å². The molecule has 2 fully saturated rings. The summed E-state index contributed by atoms with van der Waals surface area (Å²) in [7, 11) is 2.01. The number of nitrogens with zero attached hydrogens (tertiary/aromatic N) is 7. The van der Waals surface area contributed by atoms with Gasteiger partial charge < -0.3 is 19.4 Å². The van der Waals surface area contributed by atoms with Gasteiger partial charge in [0.2, 0.25) is 5.91 Å². The predicted molar refractivity (Wildman–Crippen MR) is 137 cm³/mol. The number of carbonyl (C=O) groups excluding carboxylic acids is 1. The van der Waals surface area contributed by atoms with Crippen molar-refractivity contribution in [1.82, 2.24) is 33.8 Å². The van der Waals surface area contributed by atoms with E-state index in [9.17, 15) is 4.79 Å². The van der Waals surface area contributed by atoms with Crippen molar-refractivity contribution in [3.8, 4) is 0 Å². The van der Waals surface area contributed by atoms with Crippen molar-refractivity contribution in [3.63, 3.8) is 0 Å². The summed E-state index contributed by atoms with van der Waals surface area (Å²) in [5, 5.41) is 9.18. The van der Waals surface area contributed by atoms with E-state index in [-0.39, 0.29) is 11.9 Å². The zero-order valence-corrected chi connectivity index (χ0v) is 21.2. The van der Waals surface area contributed by atoms with Crippen LogP contribution in [0.3, 0.4) is 0 Å². The first-order valence-corrected chi connectivity index (χ1v) is 12.8. The highest BCUT2D eigenvalue weighted by molar-refractivity contribution is 6.07. The van der Waals surface area contributed by atoms with Crippen LogP contribution in [-0.2, 0) is 24.8 Å². The Morgan fingerprint density at radius 1 is 1.20 bits per heavy atom. The molecule has 4 aromatic heterocycles. The number of pyridine rings is 1. The molecule has 9 nitrogen and oxygen atoms in total. The fraction of sp³-hybridized carbons (Fsp3) is 0.538. The molecule has 6 rings (SSSR count). The molecule has 1 amide bonds. The highest BCUT2D eigenvalue weighted by atomic mass is 16.2. The van der Waals surface area contributed by atoms with Gasteiger partial charge in [0.15, 0.2) is 11.6 Å². The zero-order chi connectivity index (χ0) is 24.4. The average Bonchev–Trinajstić information content (AvgIpc) is 3.72. The third kappa shape index (κ3) is 3.77. The zero-order valence-electron chi connectivity index (χ0n) is 21.2. The molecule has 2 saturated carbocycles. The van der Waals surface area contributed by atoms with Crippen LogP contribution in [-0.4, -0.2) is 51.8 Å². The summed E-state index contributed by atoms with van der Waals surface area (Å²) < 4.78 is 6.22. The minimum atomic E-state index is 0.252. The maximum atomic E-state index is 13.4. The molecule has 0 bridgehead atoms. The molecule has 4 aromatic rings. The van der Waals surface area contributed by atoms with Gasteiger partial charge in [-0.2, -0.15) is 5.10 Å². The monoisotopic (exact) mass is 474 g/mol. The lowest BCUT2D eigenvalue weighted by molar-refractivity contribution is -0.131. The molecule has 9 heteroatoms. The van der Waals surface area contributed by atoms with Crippen LogP contribution in [0.4, 0.5) is 11.6 Å². The van der Waals surface area contributed by atoms with Gasteiger partial charge in [-0.3, -0.25) is 9.48 Å². The Kier molecular flexibility index (Phi) is 5.12. The van der Waals surface area contributed by atoms with Gasteiger partial charge >= 0.3 is 0 Å². The molecular weight excluding hydrogens is 440 g/mol. The normalized spacial score (nSPS) is 16.1. The van der Waals surface area contributed by atoms with Crippen molar-refractivity contribution in [2.75, 3.05) is 5.32 Å². The summed E-state index contributed by atoms with van der Waals surface area (Å²) in [5.74, 6) is 1.69. The number of aryl methyl sites for hydroxylation is 3. The van der Waals surface area contributed by atoms with Crippen molar-refractivity contribution in [2.24, 2.45) is 7.05 Å². The second-order valence-corrected chi connectivity index (χ2v) is 10.4. The number of aromatic nitrogens is 6. The number of rotatable bonds is 8. The van der Waals surface area contributed by atoms with Gasteiger partial charge in [-0.1, -0.05) is 0 Å². The van der Waals surface area contributed by atoms with Crippen LogP contribution in [0.1, 0.15) is 63.9 Å². The lowest BCUT2D eigenvalue weighted by Crippen LogP contribution is -2.36. The van der Waals surface area contributed by atoms with E-state index in [4.69, 9.17) is 10.1 Å². The van der Waals surface area contributed by atoms with E-state index in [1.165, 1.54) is 0 Å². The van der Waals surface area contributed by atoms with Gasteiger partial charge in [0.1, 0.15) is 11.2 Å². The Balaban J connectivity index is 1.42. The second-order valence-electron chi connectivity index (χ2n) is 10.4. The molecular formula is C26H34N8O. The van der Waals surface area contributed by atoms with Gasteiger partial charge in [0.25, 0.3) is 0 Å². The number of carbonyl (C=O) groups is 1. The Morgan fingerprint density at radius 2 is 1.91 bits per heavy atom. The first-order valence-electron chi connectivity index (χ1n) is 12.8. The quantitative estimate of drug-likeness (QED) is 0.407. The maximum Gasteiger partial charge on any atom is 0.229 e. The van der Waals surface area contributed by atoms with E-state index < -0.39 is 0 Å². The third-order valence-corrected chi connectivity index (χ3v) is 7.26. The maximum absolute atomic E-state index is 13.4. The standard InChI is InChI=1S/C26H34N8O/c1-6-32-19(13-22(35)33(17-7-8-17)18-9-10-18)12-20-24-23(27-14-31(24)5)25(29-26(20)32)28-21-11-16(4)34(30-21)15(2)3/h11-12,14-15,17-18H,6-10,13H2,1-5H3,(H,28,29,30). The first kappa shape index (κ1) is 22.1. The molecule has 0 unspecified atom stereocenters. The molecule has 184 valence electrons. The van der Waals surface area contributed by atoms with Crippen LogP contribution in [0.25, 0.3) is 22.1 Å². The molecule has 35 heavy (non-hydrogen) atoms. The smallest absolute Gasteiger partial charge is 0.229 e. The number of imidazole rings is 1. The molecule has 2 aliphatic carbocycles. The van der Waals surface area contributed by atoms with Crippen molar-refractivity contribution < 1.29 is 4.79 Å². The average molecular weight is 475 g/mol. The van der Waals surface area contributed by atoms with E-state index in [1.807, 2.05) is 28.7 Å². The molecule has 1 N–H and O–H groups in total. The molecule has 0 radical (unpaired) electrons. The molecule has 0 atom stereocenters. The Hall–Kier alpha value is -3.36. The van der Waals surface area contributed by atoms with Gasteiger partial charge in [0, 0.05) is 54.6 Å². The number of amides is 1. The summed E-state index contributed by atoms with van der Waals surface area (Å²) in [5.41, 5.74) is 4.80. The molecule has 4 heterocycles. The highest BCUT2D eigenvalue weighted by Gasteiger charge is 2.42. The van der Waals surface area contributed by atoms with E-state index in [0.717, 1.165) is 71.5 Å². The van der Waals surface area contributed by atoms with Crippen LogP contribution in [0.2, 0.25) is 0 Å². The number of anilines is 2. The van der Waals surface area contributed by atoms with Crippen LogP contribution in [0, 0.1) is 6.92 Å². The predicted octanol–water partition coefficient (Wildman–Crippen LogP) is 4.47.